The second-order valence-electron chi connectivity index (χ2n) is 4.40. The van der Waals surface area contributed by atoms with Crippen LogP contribution in [0.5, 0.6) is 0 Å². The number of rotatable bonds is 1. The largest absolute Gasteiger partial charge is 0.312 e. The Labute approximate surface area is 127 Å². The van der Waals surface area contributed by atoms with Gasteiger partial charge in [0.25, 0.3) is 0 Å². The highest BCUT2D eigenvalue weighted by molar-refractivity contribution is 7.95. The van der Waals surface area contributed by atoms with Gasteiger partial charge >= 0.3 is 0 Å². The summed E-state index contributed by atoms with van der Waals surface area (Å²) in [4.78, 5) is 1.42. The summed E-state index contributed by atoms with van der Waals surface area (Å²) in [5, 5.41) is 9.60. The van der Waals surface area contributed by atoms with E-state index in [1.54, 1.807) is 53.4 Å². The molecule has 4 nitrogen and oxygen atoms in total. The van der Waals surface area contributed by atoms with Gasteiger partial charge in [-0.15, -0.1) is 0 Å². The van der Waals surface area contributed by atoms with Crippen LogP contribution in [-0.2, 0) is 9.84 Å². The topological polar surface area (TPSA) is 61.2 Å². The summed E-state index contributed by atoms with van der Waals surface area (Å²) in [5.74, 6) is 0. The average Bonchev–Trinajstić information content (AvgIpc) is 2.49. The van der Waals surface area contributed by atoms with E-state index in [0.29, 0.717) is 16.4 Å². The van der Waals surface area contributed by atoms with Gasteiger partial charge in [0.1, 0.15) is 6.07 Å². The molecule has 104 valence electrons. The summed E-state index contributed by atoms with van der Waals surface area (Å²) < 4.78 is 24.7. The zero-order valence-electron chi connectivity index (χ0n) is 10.7. The summed E-state index contributed by atoms with van der Waals surface area (Å²) in [6.45, 7) is 0. The Morgan fingerprint density at radius 2 is 1.62 bits per heavy atom. The monoisotopic (exact) mass is 316 g/mol. The molecule has 1 heterocycles. The maximum absolute atomic E-state index is 12.3. The summed E-state index contributed by atoms with van der Waals surface area (Å²) >= 11 is 6.18. The maximum Gasteiger partial charge on any atom is 0.220 e. The normalized spacial score (nSPS) is 15.8. The van der Waals surface area contributed by atoms with Crippen molar-refractivity contribution in [3.8, 4) is 6.07 Å². The van der Waals surface area contributed by atoms with Crippen molar-refractivity contribution in [2.45, 2.75) is 4.90 Å². The van der Waals surface area contributed by atoms with Gasteiger partial charge in [0.2, 0.25) is 9.84 Å². The Hall–Kier alpha value is -2.29. The number of hydrogen-bond acceptors (Lipinski definition) is 4. The summed E-state index contributed by atoms with van der Waals surface area (Å²) in [6, 6.07) is 15.3. The standard InChI is InChI=1S/C15H9ClN2O2S/c16-12-5-1-2-6-13(12)18-10-11(9-17)21(19,20)15-8-4-3-7-14(15)18/h1-8,10H. The molecule has 21 heavy (non-hydrogen) atoms. The molecule has 2 aromatic carbocycles. The van der Waals surface area contributed by atoms with Crippen LogP contribution >= 0.6 is 11.6 Å². The van der Waals surface area contributed by atoms with Gasteiger partial charge in [-0.05, 0) is 24.3 Å². The molecule has 0 aromatic heterocycles. The Morgan fingerprint density at radius 1 is 1.00 bits per heavy atom. The van der Waals surface area contributed by atoms with Crippen molar-refractivity contribution in [3.63, 3.8) is 0 Å². The fraction of sp³-hybridized carbons (Fsp3) is 0. The van der Waals surface area contributed by atoms with Crippen molar-refractivity contribution >= 4 is 32.8 Å². The number of allylic oxidation sites excluding steroid dienone is 1. The molecule has 0 bridgehead atoms. The predicted molar refractivity (Wildman–Crippen MR) is 80.9 cm³/mol. The molecule has 0 saturated heterocycles. The highest BCUT2D eigenvalue weighted by Gasteiger charge is 2.32. The minimum Gasteiger partial charge on any atom is -0.312 e. The van der Waals surface area contributed by atoms with E-state index in [1.165, 1.54) is 12.3 Å². The number of nitriles is 1. The molecule has 0 saturated carbocycles. The first-order valence-corrected chi connectivity index (χ1v) is 7.91. The molecule has 0 N–H and O–H groups in total. The van der Waals surface area contributed by atoms with Gasteiger partial charge in [-0.2, -0.15) is 5.26 Å². The Bertz CT molecular complexity index is 898. The molecule has 0 aliphatic carbocycles. The first-order chi connectivity index (χ1) is 10.1. The number of sulfone groups is 1. The number of fused-ring (bicyclic) bond motifs is 1. The number of halogens is 1. The van der Waals surface area contributed by atoms with Crippen LogP contribution in [0.15, 0.2) is 64.5 Å². The summed E-state index contributed by atoms with van der Waals surface area (Å²) in [7, 11) is -3.77. The first kappa shape index (κ1) is 13.7. The molecule has 0 spiro atoms. The quantitative estimate of drug-likeness (QED) is 0.806. The third-order valence-electron chi connectivity index (χ3n) is 3.17. The molecular formula is C15H9ClN2O2S. The van der Waals surface area contributed by atoms with Crippen LogP contribution in [0.4, 0.5) is 11.4 Å². The smallest absolute Gasteiger partial charge is 0.220 e. The van der Waals surface area contributed by atoms with Crippen LogP contribution in [0.2, 0.25) is 5.02 Å². The second-order valence-corrected chi connectivity index (χ2v) is 6.69. The van der Waals surface area contributed by atoms with Gasteiger partial charge in [0, 0.05) is 6.20 Å². The van der Waals surface area contributed by atoms with Gasteiger partial charge in [-0.3, -0.25) is 0 Å². The maximum atomic E-state index is 12.3. The molecule has 6 heteroatoms. The van der Waals surface area contributed by atoms with Crippen LogP contribution in [-0.4, -0.2) is 8.42 Å². The van der Waals surface area contributed by atoms with Gasteiger partial charge in [-0.1, -0.05) is 35.9 Å². The highest BCUT2D eigenvalue weighted by Crippen LogP contribution is 2.41. The summed E-state index contributed by atoms with van der Waals surface area (Å²) in [5.41, 5.74) is 1.10. The van der Waals surface area contributed by atoms with Crippen molar-refractivity contribution < 1.29 is 8.42 Å². The molecule has 0 amide bonds. The Kier molecular flexibility index (Phi) is 3.20. The van der Waals surface area contributed by atoms with Gasteiger partial charge in [0.05, 0.1) is 21.3 Å². The lowest BCUT2D eigenvalue weighted by Crippen LogP contribution is -2.21. The first-order valence-electron chi connectivity index (χ1n) is 6.05. The van der Waals surface area contributed by atoms with E-state index < -0.39 is 9.84 Å². The van der Waals surface area contributed by atoms with Crippen molar-refractivity contribution in [3.05, 3.63) is 64.7 Å². The molecule has 3 rings (SSSR count). The van der Waals surface area contributed by atoms with Crippen LogP contribution < -0.4 is 4.90 Å². The number of nitrogens with zero attached hydrogens (tertiary/aromatic N) is 2. The van der Waals surface area contributed by atoms with Crippen LogP contribution in [0.1, 0.15) is 0 Å². The molecule has 2 aromatic rings. The van der Waals surface area contributed by atoms with E-state index in [0.717, 1.165) is 0 Å². The van der Waals surface area contributed by atoms with E-state index in [-0.39, 0.29) is 9.80 Å². The molecule has 1 aliphatic rings. The van der Waals surface area contributed by atoms with Crippen LogP contribution in [0, 0.1) is 11.3 Å². The summed E-state index contributed by atoms with van der Waals surface area (Å²) in [6.07, 6.45) is 1.30. The molecule has 1 aliphatic heterocycles. The molecule has 0 unspecified atom stereocenters. The lowest BCUT2D eigenvalue weighted by molar-refractivity contribution is 0.602. The fourth-order valence-electron chi connectivity index (χ4n) is 2.19. The van der Waals surface area contributed by atoms with Crippen molar-refractivity contribution in [1.82, 2.24) is 0 Å². The molecule has 0 atom stereocenters. The zero-order chi connectivity index (χ0) is 15.0. The molecule has 0 fully saturated rings. The van der Waals surface area contributed by atoms with E-state index in [4.69, 9.17) is 16.9 Å². The average molecular weight is 317 g/mol. The van der Waals surface area contributed by atoms with E-state index >= 15 is 0 Å². The van der Waals surface area contributed by atoms with E-state index in [1.807, 2.05) is 0 Å². The third-order valence-corrected chi connectivity index (χ3v) is 5.19. The van der Waals surface area contributed by atoms with E-state index in [2.05, 4.69) is 0 Å². The fourth-order valence-corrected chi connectivity index (χ4v) is 3.72. The van der Waals surface area contributed by atoms with Crippen molar-refractivity contribution in [1.29, 1.82) is 5.26 Å². The lowest BCUT2D eigenvalue weighted by atomic mass is 10.2. The van der Waals surface area contributed by atoms with Gasteiger partial charge in [0.15, 0.2) is 4.91 Å². The van der Waals surface area contributed by atoms with E-state index in [9.17, 15) is 8.42 Å². The number of para-hydroxylation sites is 2. The van der Waals surface area contributed by atoms with Crippen molar-refractivity contribution in [2.24, 2.45) is 0 Å². The van der Waals surface area contributed by atoms with Crippen LogP contribution in [0.3, 0.4) is 0 Å². The Morgan fingerprint density at radius 3 is 2.29 bits per heavy atom. The second kappa shape index (κ2) is 4.92. The number of anilines is 2. The SMILES string of the molecule is N#CC1=CN(c2ccccc2Cl)c2ccccc2S1(=O)=O. The minimum atomic E-state index is -3.77. The lowest BCUT2D eigenvalue weighted by Gasteiger charge is -2.28. The predicted octanol–water partition coefficient (Wildman–Crippen LogP) is 3.63. The van der Waals surface area contributed by atoms with Crippen molar-refractivity contribution in [2.75, 3.05) is 4.90 Å². The highest BCUT2D eigenvalue weighted by atomic mass is 35.5. The van der Waals surface area contributed by atoms with Gasteiger partial charge in [-0.25, -0.2) is 8.42 Å². The van der Waals surface area contributed by atoms with Crippen LogP contribution in [0.25, 0.3) is 0 Å². The third kappa shape index (κ3) is 2.09. The molecular weight excluding hydrogens is 308 g/mol. The zero-order valence-corrected chi connectivity index (χ0v) is 12.3. The van der Waals surface area contributed by atoms with Gasteiger partial charge < -0.3 is 4.90 Å². The number of benzene rings is 2. The number of hydrogen-bond donors (Lipinski definition) is 0. The molecule has 0 radical (unpaired) electrons. The minimum absolute atomic E-state index is 0.101. The Balaban J connectivity index is 2.33.